The Kier molecular flexibility index (Phi) is 1.48. The van der Waals surface area contributed by atoms with E-state index in [-0.39, 0.29) is 11.3 Å². The highest BCUT2D eigenvalue weighted by atomic mass is 16.2. The fourth-order valence-electron chi connectivity index (χ4n) is 2.63. The van der Waals surface area contributed by atoms with Crippen molar-refractivity contribution in [2.24, 2.45) is 0 Å². The van der Waals surface area contributed by atoms with Crippen molar-refractivity contribution < 1.29 is 4.79 Å². The van der Waals surface area contributed by atoms with Crippen molar-refractivity contribution in [2.75, 3.05) is 19.3 Å². The van der Waals surface area contributed by atoms with E-state index in [0.29, 0.717) is 5.69 Å². The Morgan fingerprint density at radius 3 is 2.80 bits per heavy atom. The quantitative estimate of drug-likeness (QED) is 0.646. The summed E-state index contributed by atoms with van der Waals surface area (Å²) in [5.74, 6) is 0.0700. The third-order valence-electron chi connectivity index (χ3n) is 3.62. The second kappa shape index (κ2) is 2.54. The van der Waals surface area contributed by atoms with Crippen LogP contribution < -0.4 is 5.73 Å². The minimum absolute atomic E-state index is 0.0700. The first-order valence-electron chi connectivity index (χ1n) is 5.28. The monoisotopic (exact) mass is 202 g/mol. The summed E-state index contributed by atoms with van der Waals surface area (Å²) in [5.41, 5.74) is 8.66. The third kappa shape index (κ3) is 1.03. The Morgan fingerprint density at radius 2 is 2.13 bits per heavy atom. The first-order valence-corrected chi connectivity index (χ1v) is 5.28. The molecule has 0 bridgehead atoms. The molecule has 1 aromatic carbocycles. The summed E-state index contributed by atoms with van der Waals surface area (Å²) in [5, 5.41) is 0. The summed E-state index contributed by atoms with van der Waals surface area (Å²) in [4.78, 5) is 13.8. The number of fused-ring (bicyclic) bond motifs is 2. The topological polar surface area (TPSA) is 46.3 Å². The van der Waals surface area contributed by atoms with Crippen molar-refractivity contribution in [1.82, 2.24) is 4.90 Å². The Hall–Kier alpha value is -1.51. The summed E-state index contributed by atoms with van der Waals surface area (Å²) >= 11 is 0. The van der Waals surface area contributed by atoms with Crippen molar-refractivity contribution >= 4 is 11.6 Å². The molecule has 1 aromatic rings. The van der Waals surface area contributed by atoms with Crippen LogP contribution in [0.2, 0.25) is 0 Å². The lowest BCUT2D eigenvalue weighted by molar-refractivity contribution is 0.0759. The molecule has 78 valence electrons. The molecule has 0 aromatic heterocycles. The number of hydrogen-bond acceptors (Lipinski definition) is 2. The summed E-state index contributed by atoms with van der Waals surface area (Å²) in [6.07, 6.45) is 2.36. The maximum atomic E-state index is 12.0. The average Bonchev–Trinajstić information content (AvgIpc) is 2.96. The van der Waals surface area contributed by atoms with Crippen LogP contribution in [-0.4, -0.2) is 24.4 Å². The molecule has 0 atom stereocenters. The molecule has 1 saturated carbocycles. The second-order valence-electron chi connectivity index (χ2n) is 4.71. The number of rotatable bonds is 0. The number of anilines is 1. The van der Waals surface area contributed by atoms with Crippen LogP contribution in [-0.2, 0) is 5.41 Å². The second-order valence-corrected chi connectivity index (χ2v) is 4.71. The van der Waals surface area contributed by atoms with Gasteiger partial charge in [-0.2, -0.15) is 0 Å². The smallest absolute Gasteiger partial charge is 0.256 e. The molecule has 15 heavy (non-hydrogen) atoms. The van der Waals surface area contributed by atoms with Crippen molar-refractivity contribution in [3.8, 4) is 0 Å². The van der Waals surface area contributed by atoms with Gasteiger partial charge in [-0.15, -0.1) is 0 Å². The predicted octanol–water partition coefficient (Wildman–Crippen LogP) is 1.39. The zero-order valence-electron chi connectivity index (χ0n) is 8.79. The minimum atomic E-state index is 0.0700. The molecule has 1 aliphatic heterocycles. The van der Waals surface area contributed by atoms with E-state index >= 15 is 0 Å². The van der Waals surface area contributed by atoms with Gasteiger partial charge in [-0.05, 0) is 24.5 Å². The lowest BCUT2D eigenvalue weighted by Gasteiger charge is -2.32. The van der Waals surface area contributed by atoms with Crippen molar-refractivity contribution in [3.05, 3.63) is 29.3 Å². The van der Waals surface area contributed by atoms with Gasteiger partial charge in [0.1, 0.15) is 0 Å². The van der Waals surface area contributed by atoms with Gasteiger partial charge in [-0.3, -0.25) is 4.79 Å². The molecular formula is C12H14N2O. The van der Waals surface area contributed by atoms with Crippen LogP contribution in [0.3, 0.4) is 0 Å². The zero-order valence-corrected chi connectivity index (χ0v) is 8.79. The van der Waals surface area contributed by atoms with Gasteiger partial charge >= 0.3 is 0 Å². The van der Waals surface area contributed by atoms with Crippen LogP contribution in [0.5, 0.6) is 0 Å². The molecule has 0 radical (unpaired) electrons. The Morgan fingerprint density at radius 1 is 1.40 bits per heavy atom. The molecule has 0 saturated heterocycles. The van der Waals surface area contributed by atoms with Gasteiger partial charge in [-0.1, -0.05) is 12.1 Å². The highest BCUT2D eigenvalue weighted by Gasteiger charge is 2.50. The van der Waals surface area contributed by atoms with E-state index in [2.05, 4.69) is 6.07 Å². The SMILES string of the molecule is CN1CC2(CC2)c2cccc(N)c2C1=O. The number of nitrogens with two attached hydrogens (primary N) is 1. The van der Waals surface area contributed by atoms with E-state index in [0.717, 1.165) is 12.1 Å². The summed E-state index contributed by atoms with van der Waals surface area (Å²) < 4.78 is 0. The fourth-order valence-corrected chi connectivity index (χ4v) is 2.63. The predicted molar refractivity (Wildman–Crippen MR) is 58.7 cm³/mol. The van der Waals surface area contributed by atoms with Crippen molar-refractivity contribution in [3.63, 3.8) is 0 Å². The Bertz CT molecular complexity index is 449. The van der Waals surface area contributed by atoms with Gasteiger partial charge in [0.05, 0.1) is 5.56 Å². The van der Waals surface area contributed by atoms with Gasteiger partial charge < -0.3 is 10.6 Å². The van der Waals surface area contributed by atoms with Crippen molar-refractivity contribution in [1.29, 1.82) is 0 Å². The molecule has 2 aliphatic rings. The van der Waals surface area contributed by atoms with E-state index in [1.807, 2.05) is 19.2 Å². The molecule has 1 spiro atoms. The molecule has 3 rings (SSSR count). The van der Waals surface area contributed by atoms with E-state index in [9.17, 15) is 4.79 Å². The summed E-state index contributed by atoms with van der Waals surface area (Å²) in [6.45, 7) is 0.849. The van der Waals surface area contributed by atoms with Crippen LogP contribution in [0, 0.1) is 0 Å². The van der Waals surface area contributed by atoms with E-state index < -0.39 is 0 Å². The highest BCUT2D eigenvalue weighted by molar-refractivity contribution is 6.02. The minimum Gasteiger partial charge on any atom is -0.398 e. The summed E-state index contributed by atoms with van der Waals surface area (Å²) in [6, 6.07) is 5.82. The lowest BCUT2D eigenvalue weighted by Crippen LogP contribution is -2.41. The number of likely N-dealkylation sites (N-methyl/N-ethyl adjacent to an activating group) is 1. The maximum Gasteiger partial charge on any atom is 0.256 e. The number of carbonyl (C=O) groups excluding carboxylic acids is 1. The molecule has 1 aliphatic carbocycles. The number of nitrogen functional groups attached to an aromatic ring is 1. The van der Waals surface area contributed by atoms with Gasteiger partial charge in [-0.25, -0.2) is 0 Å². The summed E-state index contributed by atoms with van der Waals surface area (Å²) in [7, 11) is 1.86. The lowest BCUT2D eigenvalue weighted by atomic mass is 9.86. The number of nitrogens with zero attached hydrogens (tertiary/aromatic N) is 1. The van der Waals surface area contributed by atoms with Gasteiger partial charge in [0.15, 0.2) is 0 Å². The standard InChI is InChI=1S/C12H14N2O/c1-14-7-12(5-6-12)8-3-2-4-9(13)10(8)11(14)15/h2-4H,5-7,13H2,1H3. The first-order chi connectivity index (χ1) is 7.14. The highest BCUT2D eigenvalue weighted by Crippen LogP contribution is 2.52. The molecule has 0 unspecified atom stereocenters. The first kappa shape index (κ1) is 8.77. The number of benzene rings is 1. The molecule has 1 fully saturated rings. The van der Waals surface area contributed by atoms with Crippen molar-refractivity contribution in [2.45, 2.75) is 18.3 Å². The maximum absolute atomic E-state index is 12.0. The Labute approximate surface area is 88.9 Å². The number of carbonyl (C=O) groups is 1. The van der Waals surface area contributed by atoms with Crippen LogP contribution >= 0.6 is 0 Å². The molecule has 1 amide bonds. The normalized spacial score (nSPS) is 21.7. The van der Waals surface area contributed by atoms with E-state index in [1.54, 1.807) is 4.90 Å². The van der Waals surface area contributed by atoms with Gasteiger partial charge in [0, 0.05) is 24.7 Å². The van der Waals surface area contributed by atoms with Gasteiger partial charge in [0.25, 0.3) is 5.91 Å². The van der Waals surface area contributed by atoms with Crippen LogP contribution in [0.15, 0.2) is 18.2 Å². The van der Waals surface area contributed by atoms with Gasteiger partial charge in [0.2, 0.25) is 0 Å². The van der Waals surface area contributed by atoms with E-state index in [1.165, 1.54) is 18.4 Å². The number of amides is 1. The molecule has 3 nitrogen and oxygen atoms in total. The van der Waals surface area contributed by atoms with Crippen LogP contribution in [0.25, 0.3) is 0 Å². The third-order valence-corrected chi connectivity index (χ3v) is 3.62. The zero-order chi connectivity index (χ0) is 10.6. The fraction of sp³-hybridized carbons (Fsp3) is 0.417. The van der Waals surface area contributed by atoms with E-state index in [4.69, 9.17) is 5.73 Å². The molecule has 1 heterocycles. The molecule has 3 heteroatoms. The largest absolute Gasteiger partial charge is 0.398 e. The molecular weight excluding hydrogens is 188 g/mol. The van der Waals surface area contributed by atoms with Crippen LogP contribution in [0.4, 0.5) is 5.69 Å². The van der Waals surface area contributed by atoms with Crippen LogP contribution in [0.1, 0.15) is 28.8 Å². The molecule has 2 N–H and O–H groups in total. The average molecular weight is 202 g/mol. The number of hydrogen-bond donors (Lipinski definition) is 1. The Balaban J connectivity index is 2.25.